The summed E-state index contributed by atoms with van der Waals surface area (Å²) < 4.78 is 5.12. The first kappa shape index (κ1) is 18.8. The highest BCUT2D eigenvalue weighted by molar-refractivity contribution is 5.89. The lowest BCUT2D eigenvalue weighted by molar-refractivity contribution is -0.130. The van der Waals surface area contributed by atoms with Crippen LogP contribution >= 0.6 is 0 Å². The van der Waals surface area contributed by atoms with Crippen LogP contribution in [-0.4, -0.2) is 61.8 Å². The normalized spacial score (nSPS) is 16.7. The van der Waals surface area contributed by atoms with E-state index in [1.54, 1.807) is 26.1 Å². The van der Waals surface area contributed by atoms with E-state index in [2.05, 4.69) is 5.32 Å². The van der Waals surface area contributed by atoms with Crippen LogP contribution in [0.4, 0.5) is 0 Å². The zero-order chi connectivity index (χ0) is 18.4. The third-order valence-electron chi connectivity index (χ3n) is 4.25. The Morgan fingerprint density at radius 1 is 1.28 bits per heavy atom. The molecule has 136 valence electrons. The second-order valence-electron chi connectivity index (χ2n) is 6.35. The number of nitrogens with one attached hydrogen (secondary N) is 1. The minimum Gasteiger partial charge on any atom is -0.497 e. The summed E-state index contributed by atoms with van der Waals surface area (Å²) in [5.74, 6) is 0.169. The predicted molar refractivity (Wildman–Crippen MR) is 92.8 cm³/mol. The van der Waals surface area contributed by atoms with Gasteiger partial charge in [0.1, 0.15) is 5.75 Å². The van der Waals surface area contributed by atoms with Crippen molar-refractivity contribution >= 4 is 17.7 Å². The highest BCUT2D eigenvalue weighted by Gasteiger charge is 2.34. The molecule has 1 aliphatic rings. The predicted octanol–water partition coefficient (Wildman–Crippen LogP) is 0.638. The maximum Gasteiger partial charge on any atom is 0.225 e. The summed E-state index contributed by atoms with van der Waals surface area (Å²) >= 11 is 0. The quantitative estimate of drug-likeness (QED) is 0.785. The van der Waals surface area contributed by atoms with E-state index in [1.807, 2.05) is 24.3 Å². The Bertz CT molecular complexity index is 628. The summed E-state index contributed by atoms with van der Waals surface area (Å²) in [5, 5.41) is 2.75. The first-order valence-electron chi connectivity index (χ1n) is 8.29. The fraction of sp³-hybridized carbons (Fsp3) is 0.500. The molecule has 0 saturated carbocycles. The smallest absolute Gasteiger partial charge is 0.225 e. The van der Waals surface area contributed by atoms with Gasteiger partial charge in [0.25, 0.3) is 0 Å². The zero-order valence-corrected chi connectivity index (χ0v) is 14.9. The van der Waals surface area contributed by atoms with E-state index in [9.17, 15) is 14.4 Å². The molecule has 1 saturated heterocycles. The van der Waals surface area contributed by atoms with Gasteiger partial charge >= 0.3 is 0 Å². The molecule has 0 unspecified atom stereocenters. The maximum absolute atomic E-state index is 12.2. The van der Waals surface area contributed by atoms with E-state index < -0.39 is 0 Å². The molecule has 0 aliphatic carbocycles. The van der Waals surface area contributed by atoms with Crippen molar-refractivity contribution in [1.29, 1.82) is 0 Å². The summed E-state index contributed by atoms with van der Waals surface area (Å²) in [4.78, 5) is 39.0. The van der Waals surface area contributed by atoms with Gasteiger partial charge in [0.2, 0.25) is 17.7 Å². The number of hydrogen-bond acceptors (Lipinski definition) is 4. The van der Waals surface area contributed by atoms with E-state index in [1.165, 1.54) is 4.90 Å². The second-order valence-corrected chi connectivity index (χ2v) is 6.35. The lowest BCUT2D eigenvalue weighted by atomic mass is 10.1. The molecule has 0 aromatic heterocycles. The topological polar surface area (TPSA) is 79.0 Å². The fourth-order valence-electron chi connectivity index (χ4n) is 2.71. The van der Waals surface area contributed by atoms with Crippen LogP contribution in [-0.2, 0) is 20.9 Å². The van der Waals surface area contributed by atoms with Gasteiger partial charge in [0.15, 0.2) is 0 Å². The van der Waals surface area contributed by atoms with E-state index in [-0.39, 0.29) is 36.5 Å². The first-order chi connectivity index (χ1) is 11.9. The summed E-state index contributed by atoms with van der Waals surface area (Å²) in [7, 11) is 4.96. The second kappa shape index (κ2) is 8.50. The number of likely N-dealkylation sites (tertiary alicyclic amines) is 1. The molecule has 3 amide bonds. The van der Waals surface area contributed by atoms with Gasteiger partial charge in [-0.05, 0) is 17.7 Å². The molecule has 7 nitrogen and oxygen atoms in total. The van der Waals surface area contributed by atoms with Crippen LogP contribution in [0.5, 0.6) is 5.75 Å². The average molecular weight is 347 g/mol. The highest BCUT2D eigenvalue weighted by Crippen LogP contribution is 2.21. The summed E-state index contributed by atoms with van der Waals surface area (Å²) in [6, 6.07) is 7.52. The number of nitrogens with zero attached hydrogens (tertiary/aromatic N) is 2. The van der Waals surface area contributed by atoms with Crippen molar-refractivity contribution in [3.05, 3.63) is 29.8 Å². The Kier molecular flexibility index (Phi) is 6.38. The largest absolute Gasteiger partial charge is 0.497 e. The Morgan fingerprint density at radius 2 is 1.96 bits per heavy atom. The molecule has 1 atom stereocenters. The van der Waals surface area contributed by atoms with Crippen LogP contribution in [0.3, 0.4) is 0 Å². The third-order valence-corrected chi connectivity index (χ3v) is 4.25. The van der Waals surface area contributed by atoms with Gasteiger partial charge in [-0.1, -0.05) is 12.1 Å². The molecule has 25 heavy (non-hydrogen) atoms. The van der Waals surface area contributed by atoms with Gasteiger partial charge in [-0.3, -0.25) is 14.4 Å². The molecule has 0 spiro atoms. The fourth-order valence-corrected chi connectivity index (χ4v) is 2.71. The summed E-state index contributed by atoms with van der Waals surface area (Å²) in [5.41, 5.74) is 0.992. The Hall–Kier alpha value is -2.57. The van der Waals surface area contributed by atoms with Crippen LogP contribution in [0.25, 0.3) is 0 Å². The Morgan fingerprint density at radius 3 is 2.56 bits per heavy atom. The molecule has 1 aliphatic heterocycles. The molecule has 1 heterocycles. The molecule has 1 aromatic rings. The van der Waals surface area contributed by atoms with E-state index >= 15 is 0 Å². The number of ether oxygens (including phenoxy) is 1. The van der Waals surface area contributed by atoms with Gasteiger partial charge in [0.05, 0.1) is 13.0 Å². The van der Waals surface area contributed by atoms with Crippen molar-refractivity contribution in [3.63, 3.8) is 0 Å². The van der Waals surface area contributed by atoms with Crippen LogP contribution in [0.2, 0.25) is 0 Å². The van der Waals surface area contributed by atoms with E-state index in [0.29, 0.717) is 19.6 Å². The van der Waals surface area contributed by atoms with E-state index in [0.717, 1.165) is 11.3 Å². The highest BCUT2D eigenvalue weighted by atomic mass is 16.5. The zero-order valence-electron chi connectivity index (χ0n) is 14.9. The molecule has 0 radical (unpaired) electrons. The standard InChI is InChI=1S/C18H25N3O4/c1-20(2)16(22)8-9-19-18(24)14-10-17(23)21(12-14)11-13-4-6-15(25-3)7-5-13/h4-7,14H,8-12H2,1-3H3,(H,19,24)/t14-/m0/s1. The molecular formula is C18H25N3O4. The maximum atomic E-state index is 12.2. The van der Waals surface area contributed by atoms with Gasteiger partial charge in [-0.15, -0.1) is 0 Å². The van der Waals surface area contributed by atoms with Crippen molar-refractivity contribution in [2.45, 2.75) is 19.4 Å². The van der Waals surface area contributed by atoms with Gasteiger partial charge < -0.3 is 19.9 Å². The SMILES string of the molecule is COc1ccc(CN2C[C@@H](C(=O)NCCC(=O)N(C)C)CC2=O)cc1. The lowest BCUT2D eigenvalue weighted by Gasteiger charge is -2.17. The van der Waals surface area contributed by atoms with Crippen molar-refractivity contribution in [2.24, 2.45) is 5.92 Å². The van der Waals surface area contributed by atoms with Gasteiger partial charge in [-0.25, -0.2) is 0 Å². The van der Waals surface area contributed by atoms with Crippen LogP contribution in [0, 0.1) is 5.92 Å². The molecular weight excluding hydrogens is 322 g/mol. The molecule has 1 N–H and O–H groups in total. The third kappa shape index (κ3) is 5.20. The number of carbonyl (C=O) groups is 3. The van der Waals surface area contributed by atoms with Crippen molar-refractivity contribution in [1.82, 2.24) is 15.1 Å². The number of hydrogen-bond donors (Lipinski definition) is 1. The van der Waals surface area contributed by atoms with Gasteiger partial charge in [-0.2, -0.15) is 0 Å². The van der Waals surface area contributed by atoms with Crippen molar-refractivity contribution in [3.8, 4) is 5.75 Å². The first-order valence-corrected chi connectivity index (χ1v) is 8.29. The molecule has 2 rings (SSSR count). The van der Waals surface area contributed by atoms with Crippen LogP contribution in [0.15, 0.2) is 24.3 Å². The molecule has 1 aromatic carbocycles. The van der Waals surface area contributed by atoms with Crippen LogP contribution in [0.1, 0.15) is 18.4 Å². The van der Waals surface area contributed by atoms with Crippen molar-refractivity contribution < 1.29 is 19.1 Å². The molecule has 1 fully saturated rings. The monoisotopic (exact) mass is 347 g/mol. The van der Waals surface area contributed by atoms with Crippen molar-refractivity contribution in [2.75, 3.05) is 34.3 Å². The van der Waals surface area contributed by atoms with E-state index in [4.69, 9.17) is 4.74 Å². The average Bonchev–Trinajstić information content (AvgIpc) is 2.96. The molecule has 7 heteroatoms. The number of amides is 3. The minimum atomic E-state index is -0.361. The van der Waals surface area contributed by atoms with Crippen LogP contribution < -0.4 is 10.1 Å². The molecule has 0 bridgehead atoms. The van der Waals surface area contributed by atoms with Gasteiger partial charge in [0, 0.05) is 46.6 Å². The number of carbonyl (C=O) groups excluding carboxylic acids is 3. The Balaban J connectivity index is 1.82. The lowest BCUT2D eigenvalue weighted by Crippen LogP contribution is -2.35. The number of benzene rings is 1. The summed E-state index contributed by atoms with van der Waals surface area (Å²) in [6.07, 6.45) is 0.471. The number of rotatable bonds is 7. The Labute approximate surface area is 147 Å². The summed E-state index contributed by atoms with van der Waals surface area (Å²) in [6.45, 7) is 1.17. The number of methoxy groups -OCH3 is 1. The minimum absolute atomic E-state index is 0.0275.